The van der Waals surface area contributed by atoms with Crippen LogP contribution >= 0.6 is 11.6 Å². The molecule has 1 amide bonds. The fourth-order valence-corrected chi connectivity index (χ4v) is 3.91. The van der Waals surface area contributed by atoms with Crippen LogP contribution in [0.1, 0.15) is 13.3 Å². The molecule has 172 valence electrons. The zero-order valence-electron chi connectivity index (χ0n) is 17.6. The lowest BCUT2D eigenvalue weighted by atomic mass is 10.2. The molecule has 10 nitrogen and oxygen atoms in total. The molecular weight excluding hydrogens is 468 g/mol. The summed E-state index contributed by atoms with van der Waals surface area (Å²) in [5.74, 6) is 1.13. The van der Waals surface area contributed by atoms with Crippen LogP contribution in [0.2, 0.25) is 5.02 Å². The number of amides is 1. The fourth-order valence-electron chi connectivity index (χ4n) is 3.26. The molecule has 0 bridgehead atoms. The number of primary sulfonamides is 1. The highest BCUT2D eigenvalue weighted by Crippen LogP contribution is 2.36. The van der Waals surface area contributed by atoms with Crippen LogP contribution in [0.15, 0.2) is 53.6 Å². The van der Waals surface area contributed by atoms with Gasteiger partial charge in [-0.1, -0.05) is 18.5 Å². The van der Waals surface area contributed by atoms with Gasteiger partial charge in [-0.25, -0.2) is 18.5 Å². The van der Waals surface area contributed by atoms with Gasteiger partial charge >= 0.3 is 0 Å². The summed E-state index contributed by atoms with van der Waals surface area (Å²) >= 11 is 6.28. The van der Waals surface area contributed by atoms with E-state index in [-0.39, 0.29) is 23.4 Å². The Labute approximate surface area is 195 Å². The van der Waals surface area contributed by atoms with E-state index in [1.165, 1.54) is 18.3 Å². The van der Waals surface area contributed by atoms with Crippen molar-refractivity contribution in [3.63, 3.8) is 0 Å². The first-order chi connectivity index (χ1) is 15.7. The molecule has 0 spiro atoms. The average Bonchev–Trinajstić information content (AvgIpc) is 2.78. The first kappa shape index (κ1) is 22.8. The predicted octanol–water partition coefficient (Wildman–Crippen LogP) is 3.40. The van der Waals surface area contributed by atoms with Crippen LogP contribution in [0, 0.1) is 0 Å². The van der Waals surface area contributed by atoms with Crippen LogP contribution in [0.3, 0.4) is 0 Å². The predicted molar refractivity (Wildman–Crippen MR) is 126 cm³/mol. The fraction of sp³-hybridized carbons (Fsp3) is 0.190. The van der Waals surface area contributed by atoms with Gasteiger partial charge in [-0.05, 0) is 48.9 Å². The third-order valence-corrected chi connectivity index (χ3v) is 6.00. The Hall–Kier alpha value is -3.41. The maximum atomic E-state index is 12.3. The third kappa shape index (κ3) is 5.16. The van der Waals surface area contributed by atoms with Crippen LogP contribution in [-0.2, 0) is 14.8 Å². The average molecular weight is 489 g/mol. The highest BCUT2D eigenvalue weighted by Gasteiger charge is 2.25. The Balaban J connectivity index is 1.56. The van der Waals surface area contributed by atoms with E-state index < -0.39 is 10.0 Å². The number of hydrogen-bond donors (Lipinski definition) is 3. The molecule has 1 aliphatic rings. The second-order valence-corrected chi connectivity index (χ2v) is 9.19. The van der Waals surface area contributed by atoms with E-state index in [0.29, 0.717) is 40.2 Å². The van der Waals surface area contributed by atoms with Crippen molar-refractivity contribution in [2.45, 2.75) is 18.2 Å². The molecule has 1 aliphatic heterocycles. The van der Waals surface area contributed by atoms with Gasteiger partial charge in [0.1, 0.15) is 10.8 Å². The smallest absolute Gasteiger partial charge is 0.265 e. The molecule has 4 rings (SSSR count). The topological polar surface area (TPSA) is 140 Å². The SMILES string of the molecule is CCCN1C(=O)COc2ccc(Nc3nc(Nc4ccc(S(N)(=O)=O)cc4)ncc3Cl)cc21. The molecular formula is C21H21ClN6O4S. The zero-order chi connectivity index (χ0) is 23.6. The quantitative estimate of drug-likeness (QED) is 0.459. The van der Waals surface area contributed by atoms with Gasteiger partial charge in [-0.15, -0.1) is 0 Å². The van der Waals surface area contributed by atoms with Gasteiger partial charge in [0.2, 0.25) is 16.0 Å². The maximum Gasteiger partial charge on any atom is 0.265 e. The third-order valence-electron chi connectivity index (χ3n) is 4.79. The number of aromatic nitrogens is 2. The summed E-state index contributed by atoms with van der Waals surface area (Å²) in [6.45, 7) is 2.61. The molecule has 33 heavy (non-hydrogen) atoms. The molecule has 12 heteroatoms. The first-order valence-electron chi connectivity index (χ1n) is 10.0. The van der Waals surface area contributed by atoms with E-state index in [2.05, 4.69) is 20.6 Å². The minimum atomic E-state index is -3.78. The number of fused-ring (bicyclic) bond motifs is 1. The minimum Gasteiger partial charge on any atom is -0.482 e. The number of anilines is 5. The molecule has 0 saturated heterocycles. The Bertz CT molecular complexity index is 1300. The summed E-state index contributed by atoms with van der Waals surface area (Å²) in [5, 5.41) is 11.5. The van der Waals surface area contributed by atoms with Crippen molar-refractivity contribution in [2.75, 3.05) is 28.7 Å². The number of carbonyl (C=O) groups is 1. The normalized spacial score (nSPS) is 13.3. The van der Waals surface area contributed by atoms with E-state index in [4.69, 9.17) is 21.5 Å². The number of hydrogen-bond acceptors (Lipinski definition) is 8. The van der Waals surface area contributed by atoms with E-state index in [9.17, 15) is 13.2 Å². The van der Waals surface area contributed by atoms with Crippen molar-refractivity contribution in [2.24, 2.45) is 5.14 Å². The van der Waals surface area contributed by atoms with E-state index in [1.54, 1.807) is 35.2 Å². The maximum absolute atomic E-state index is 12.3. The molecule has 3 aromatic rings. The van der Waals surface area contributed by atoms with Gasteiger partial charge in [0.25, 0.3) is 5.91 Å². The summed E-state index contributed by atoms with van der Waals surface area (Å²) in [6.07, 6.45) is 2.25. The van der Waals surface area contributed by atoms with Crippen molar-refractivity contribution in [1.82, 2.24) is 9.97 Å². The Kier molecular flexibility index (Phi) is 6.36. The van der Waals surface area contributed by atoms with Gasteiger partial charge < -0.3 is 20.3 Å². The van der Waals surface area contributed by atoms with Gasteiger partial charge in [0.05, 0.1) is 16.8 Å². The number of ether oxygens (including phenoxy) is 1. The van der Waals surface area contributed by atoms with Gasteiger partial charge in [0, 0.05) is 17.9 Å². The Morgan fingerprint density at radius 3 is 2.58 bits per heavy atom. The number of rotatable bonds is 7. The zero-order valence-corrected chi connectivity index (χ0v) is 19.2. The summed E-state index contributed by atoms with van der Waals surface area (Å²) in [6, 6.07) is 11.3. The van der Waals surface area contributed by atoms with Crippen molar-refractivity contribution >= 4 is 56.4 Å². The van der Waals surface area contributed by atoms with Crippen LogP contribution in [0.5, 0.6) is 5.75 Å². The number of sulfonamides is 1. The minimum absolute atomic E-state index is 0.000539. The molecule has 2 heterocycles. The molecule has 0 aliphatic carbocycles. The number of nitrogens with one attached hydrogen (secondary N) is 2. The monoisotopic (exact) mass is 488 g/mol. The van der Waals surface area contributed by atoms with Gasteiger partial charge in [0.15, 0.2) is 12.4 Å². The van der Waals surface area contributed by atoms with Crippen molar-refractivity contribution in [1.29, 1.82) is 0 Å². The lowest BCUT2D eigenvalue weighted by molar-refractivity contribution is -0.121. The number of nitrogens with zero attached hydrogens (tertiary/aromatic N) is 3. The number of nitrogens with two attached hydrogens (primary N) is 1. The molecule has 0 fully saturated rings. The Morgan fingerprint density at radius 2 is 1.88 bits per heavy atom. The molecule has 1 aromatic heterocycles. The second-order valence-electron chi connectivity index (χ2n) is 7.23. The lowest BCUT2D eigenvalue weighted by Crippen LogP contribution is -2.39. The van der Waals surface area contributed by atoms with Crippen molar-refractivity contribution in [3.8, 4) is 5.75 Å². The molecule has 4 N–H and O–H groups in total. The van der Waals surface area contributed by atoms with Crippen LogP contribution < -0.4 is 25.4 Å². The number of halogens is 1. The van der Waals surface area contributed by atoms with E-state index >= 15 is 0 Å². The van der Waals surface area contributed by atoms with Crippen molar-refractivity contribution < 1.29 is 17.9 Å². The van der Waals surface area contributed by atoms with Crippen LogP contribution in [0.25, 0.3) is 0 Å². The lowest BCUT2D eigenvalue weighted by Gasteiger charge is -2.29. The molecule has 0 atom stereocenters. The molecule has 0 saturated carbocycles. The largest absolute Gasteiger partial charge is 0.482 e. The molecule has 2 aromatic carbocycles. The second kappa shape index (κ2) is 9.22. The van der Waals surface area contributed by atoms with Crippen molar-refractivity contribution in [3.05, 3.63) is 53.7 Å². The standard InChI is InChI=1S/C21H21ClN6O4S/c1-2-9-28-17-10-14(5-8-18(17)32-12-19(28)29)25-20-16(22)11-24-21(27-20)26-13-3-6-15(7-4-13)33(23,30)31/h3-8,10-11H,2,9,12H2,1H3,(H2,23,30,31)(H2,24,25,26,27). The van der Waals surface area contributed by atoms with Crippen LogP contribution in [-0.4, -0.2) is 37.4 Å². The molecule has 0 unspecified atom stereocenters. The summed E-state index contributed by atoms with van der Waals surface area (Å²) < 4.78 is 28.3. The van der Waals surface area contributed by atoms with E-state index in [1.807, 2.05) is 6.92 Å². The molecule has 0 radical (unpaired) electrons. The number of carbonyl (C=O) groups excluding carboxylic acids is 1. The van der Waals surface area contributed by atoms with E-state index in [0.717, 1.165) is 6.42 Å². The summed E-state index contributed by atoms with van der Waals surface area (Å²) in [7, 11) is -3.78. The highest BCUT2D eigenvalue weighted by atomic mass is 35.5. The van der Waals surface area contributed by atoms with Gasteiger partial charge in [-0.3, -0.25) is 4.79 Å². The number of benzene rings is 2. The van der Waals surface area contributed by atoms with Crippen LogP contribution in [0.4, 0.5) is 28.8 Å². The summed E-state index contributed by atoms with van der Waals surface area (Å²) in [4.78, 5) is 22.5. The Morgan fingerprint density at radius 1 is 1.15 bits per heavy atom. The van der Waals surface area contributed by atoms with Gasteiger partial charge in [-0.2, -0.15) is 4.98 Å². The summed E-state index contributed by atoms with van der Waals surface area (Å²) in [5.41, 5.74) is 1.91. The highest BCUT2D eigenvalue weighted by molar-refractivity contribution is 7.89. The first-order valence-corrected chi connectivity index (χ1v) is 11.9.